The van der Waals surface area contributed by atoms with E-state index in [0.717, 1.165) is 45.6 Å². The Hall–Kier alpha value is -2.15. The van der Waals surface area contributed by atoms with E-state index in [0.29, 0.717) is 37.5 Å². The van der Waals surface area contributed by atoms with Gasteiger partial charge in [0.1, 0.15) is 11.4 Å². The zero-order chi connectivity index (χ0) is 22.4. The maximum atomic E-state index is 14.0. The van der Waals surface area contributed by atoms with E-state index in [-0.39, 0.29) is 17.6 Å². The molecule has 172 valence electrons. The number of nitrogens with zero attached hydrogens (tertiary/aromatic N) is 3. The van der Waals surface area contributed by atoms with Crippen LogP contribution in [0.25, 0.3) is 0 Å². The normalized spacial score (nSPS) is 22.4. The van der Waals surface area contributed by atoms with Crippen LogP contribution in [0.2, 0.25) is 0 Å². The first-order chi connectivity index (χ1) is 14.8. The van der Waals surface area contributed by atoms with Gasteiger partial charge in [0, 0.05) is 45.7 Å². The number of amides is 2. The van der Waals surface area contributed by atoms with E-state index in [9.17, 15) is 14.0 Å². The number of anilines is 1. The van der Waals surface area contributed by atoms with Gasteiger partial charge in [-0.25, -0.2) is 4.39 Å². The largest absolute Gasteiger partial charge is 0.367 e. The minimum absolute atomic E-state index is 0.0301. The molecular formula is C24H37FN4O2. The average Bonchev–Trinajstić information content (AvgIpc) is 3.04. The van der Waals surface area contributed by atoms with Crippen LogP contribution >= 0.6 is 0 Å². The van der Waals surface area contributed by atoms with Crippen molar-refractivity contribution in [1.29, 1.82) is 0 Å². The number of carbonyl (C=O) groups is 2. The van der Waals surface area contributed by atoms with Crippen LogP contribution in [0.3, 0.4) is 0 Å². The highest BCUT2D eigenvalue weighted by atomic mass is 19.1. The number of halogens is 1. The Kier molecular flexibility index (Phi) is 7.92. The van der Waals surface area contributed by atoms with Crippen molar-refractivity contribution in [2.75, 3.05) is 50.7 Å². The summed E-state index contributed by atoms with van der Waals surface area (Å²) in [7, 11) is 0. The summed E-state index contributed by atoms with van der Waals surface area (Å²) in [6, 6.07) is 6.92. The average molecular weight is 433 g/mol. The molecule has 0 saturated carbocycles. The van der Waals surface area contributed by atoms with E-state index in [1.54, 1.807) is 11.0 Å². The SMILES string of the molecule is CC(C)CCNC(=O)[C@]1(C)CCC(=O)N1CCCN1CCN(c2ccccc2F)CC1. The van der Waals surface area contributed by atoms with Crippen LogP contribution in [-0.2, 0) is 9.59 Å². The molecule has 0 bridgehead atoms. The van der Waals surface area contributed by atoms with Crippen molar-refractivity contribution >= 4 is 17.5 Å². The van der Waals surface area contributed by atoms with E-state index < -0.39 is 5.54 Å². The molecule has 31 heavy (non-hydrogen) atoms. The van der Waals surface area contributed by atoms with Crippen LogP contribution < -0.4 is 10.2 Å². The Morgan fingerprint density at radius 3 is 2.55 bits per heavy atom. The maximum Gasteiger partial charge on any atom is 0.245 e. The van der Waals surface area contributed by atoms with Crippen molar-refractivity contribution in [3.05, 3.63) is 30.1 Å². The lowest BCUT2D eigenvalue weighted by Crippen LogP contribution is -2.55. The molecule has 2 amide bonds. The van der Waals surface area contributed by atoms with Crippen molar-refractivity contribution in [3.63, 3.8) is 0 Å². The highest BCUT2D eigenvalue weighted by molar-refractivity contribution is 5.94. The van der Waals surface area contributed by atoms with Crippen LogP contribution in [0.15, 0.2) is 24.3 Å². The lowest BCUT2D eigenvalue weighted by molar-refractivity contribution is -0.140. The van der Waals surface area contributed by atoms with Gasteiger partial charge in [0.2, 0.25) is 11.8 Å². The molecule has 2 heterocycles. The van der Waals surface area contributed by atoms with Gasteiger partial charge in [-0.15, -0.1) is 0 Å². The molecule has 0 unspecified atom stereocenters. The van der Waals surface area contributed by atoms with Crippen molar-refractivity contribution < 1.29 is 14.0 Å². The smallest absolute Gasteiger partial charge is 0.245 e. The predicted octanol–water partition coefficient (Wildman–Crippen LogP) is 2.88. The number of hydrogen-bond donors (Lipinski definition) is 1. The molecule has 3 rings (SSSR count). The standard InChI is InChI=1S/C24H37FN4O2/c1-19(2)10-12-26-23(31)24(3)11-9-22(30)29(24)14-6-13-27-15-17-28(18-16-27)21-8-5-4-7-20(21)25/h4-5,7-8,19H,6,9-18H2,1-3H3,(H,26,31)/t24-/m0/s1. The summed E-state index contributed by atoms with van der Waals surface area (Å²) in [6.45, 7) is 11.6. The lowest BCUT2D eigenvalue weighted by Gasteiger charge is -2.37. The minimum Gasteiger partial charge on any atom is -0.367 e. The molecule has 0 aliphatic carbocycles. The van der Waals surface area contributed by atoms with Crippen LogP contribution in [0.5, 0.6) is 0 Å². The molecule has 2 fully saturated rings. The van der Waals surface area contributed by atoms with Gasteiger partial charge in [0.05, 0.1) is 5.69 Å². The van der Waals surface area contributed by atoms with Gasteiger partial charge >= 0.3 is 0 Å². The highest BCUT2D eigenvalue weighted by Crippen LogP contribution is 2.30. The van der Waals surface area contributed by atoms with E-state index >= 15 is 0 Å². The first-order valence-corrected chi connectivity index (χ1v) is 11.6. The summed E-state index contributed by atoms with van der Waals surface area (Å²) in [5, 5.41) is 3.03. The number of hydrogen-bond acceptors (Lipinski definition) is 4. The molecular weight excluding hydrogens is 395 g/mol. The number of nitrogens with one attached hydrogen (secondary N) is 1. The second-order valence-electron chi connectivity index (χ2n) is 9.39. The summed E-state index contributed by atoms with van der Waals surface area (Å²) in [5.41, 5.74) is -0.0681. The third-order valence-corrected chi connectivity index (χ3v) is 6.64. The topological polar surface area (TPSA) is 55.9 Å². The van der Waals surface area contributed by atoms with E-state index in [4.69, 9.17) is 0 Å². The first-order valence-electron chi connectivity index (χ1n) is 11.6. The molecule has 2 aliphatic rings. The fraction of sp³-hybridized carbons (Fsp3) is 0.667. The fourth-order valence-electron chi connectivity index (χ4n) is 4.54. The molecule has 2 aliphatic heterocycles. The molecule has 6 nitrogen and oxygen atoms in total. The molecule has 1 atom stereocenters. The summed E-state index contributed by atoms with van der Waals surface area (Å²) < 4.78 is 14.0. The molecule has 0 radical (unpaired) electrons. The predicted molar refractivity (Wildman–Crippen MR) is 121 cm³/mol. The minimum atomic E-state index is -0.738. The number of piperazine rings is 1. The number of rotatable bonds is 9. The van der Waals surface area contributed by atoms with E-state index in [1.165, 1.54) is 6.07 Å². The molecule has 1 aromatic carbocycles. The Morgan fingerprint density at radius 1 is 1.16 bits per heavy atom. The van der Waals surface area contributed by atoms with Crippen LogP contribution in [0, 0.1) is 11.7 Å². The summed E-state index contributed by atoms with van der Waals surface area (Å²) >= 11 is 0. The molecule has 0 aromatic heterocycles. The Labute approximate surface area is 185 Å². The second-order valence-corrected chi connectivity index (χ2v) is 9.39. The quantitative estimate of drug-likeness (QED) is 0.652. The van der Waals surface area contributed by atoms with Crippen molar-refractivity contribution in [2.45, 2.75) is 52.0 Å². The third kappa shape index (κ3) is 5.76. The Bertz CT molecular complexity index is 764. The van der Waals surface area contributed by atoms with Gasteiger partial charge in [-0.1, -0.05) is 26.0 Å². The molecule has 1 aromatic rings. The summed E-state index contributed by atoms with van der Waals surface area (Å²) in [6.07, 6.45) is 2.80. The van der Waals surface area contributed by atoms with Crippen LogP contribution in [-0.4, -0.2) is 73.0 Å². The van der Waals surface area contributed by atoms with Gasteiger partial charge < -0.3 is 15.1 Å². The van der Waals surface area contributed by atoms with Crippen molar-refractivity contribution in [1.82, 2.24) is 15.1 Å². The third-order valence-electron chi connectivity index (χ3n) is 6.64. The van der Waals surface area contributed by atoms with Crippen LogP contribution in [0.1, 0.15) is 46.5 Å². The van der Waals surface area contributed by atoms with Crippen molar-refractivity contribution in [3.8, 4) is 0 Å². The molecule has 1 N–H and O–H groups in total. The Morgan fingerprint density at radius 2 is 1.87 bits per heavy atom. The van der Waals surface area contributed by atoms with Gasteiger partial charge in [-0.05, 0) is 50.8 Å². The fourth-order valence-corrected chi connectivity index (χ4v) is 4.54. The molecule has 0 spiro atoms. The van der Waals surface area contributed by atoms with Gasteiger partial charge in [-0.2, -0.15) is 0 Å². The molecule has 7 heteroatoms. The summed E-state index contributed by atoms with van der Waals surface area (Å²) in [4.78, 5) is 31.5. The van der Waals surface area contributed by atoms with E-state index in [1.807, 2.05) is 19.1 Å². The number of likely N-dealkylation sites (tertiary alicyclic amines) is 1. The number of benzene rings is 1. The number of carbonyl (C=O) groups excluding carboxylic acids is 2. The zero-order valence-corrected chi connectivity index (χ0v) is 19.2. The zero-order valence-electron chi connectivity index (χ0n) is 19.2. The second kappa shape index (κ2) is 10.4. The first kappa shape index (κ1) is 23.5. The highest BCUT2D eigenvalue weighted by Gasteiger charge is 2.46. The van der Waals surface area contributed by atoms with Gasteiger partial charge in [0.25, 0.3) is 0 Å². The van der Waals surface area contributed by atoms with Gasteiger partial charge in [0.15, 0.2) is 0 Å². The summed E-state index contributed by atoms with van der Waals surface area (Å²) in [5.74, 6) is 0.408. The van der Waals surface area contributed by atoms with Gasteiger partial charge in [-0.3, -0.25) is 14.5 Å². The molecule has 2 saturated heterocycles. The number of para-hydroxylation sites is 1. The maximum absolute atomic E-state index is 14.0. The van der Waals surface area contributed by atoms with Crippen LogP contribution in [0.4, 0.5) is 10.1 Å². The Balaban J connectivity index is 1.45. The monoisotopic (exact) mass is 432 g/mol. The van der Waals surface area contributed by atoms with E-state index in [2.05, 4.69) is 29.0 Å². The lowest BCUT2D eigenvalue weighted by atomic mass is 9.97. The van der Waals surface area contributed by atoms with Crippen molar-refractivity contribution in [2.24, 2.45) is 5.92 Å².